The summed E-state index contributed by atoms with van der Waals surface area (Å²) in [4.78, 5) is 3.77. The highest BCUT2D eigenvalue weighted by Crippen LogP contribution is 2.41. The van der Waals surface area contributed by atoms with Gasteiger partial charge >= 0.3 is 6.18 Å². The largest absolute Gasteiger partial charge is 0.433 e. The van der Waals surface area contributed by atoms with E-state index in [2.05, 4.69) is 10.3 Å². The summed E-state index contributed by atoms with van der Waals surface area (Å²) in [6, 6.07) is 9.23. The van der Waals surface area contributed by atoms with Crippen LogP contribution in [0.25, 0.3) is 0 Å². The van der Waals surface area contributed by atoms with Crippen LogP contribution >= 0.6 is 0 Å². The smallest absolute Gasteiger partial charge is 0.306 e. The third-order valence-corrected chi connectivity index (χ3v) is 6.42. The third kappa shape index (κ3) is 4.87. The molecule has 0 spiro atoms. The van der Waals surface area contributed by atoms with E-state index >= 15 is 0 Å². The number of nitrogens with zero attached hydrogens (tertiary/aromatic N) is 1. The van der Waals surface area contributed by atoms with Crippen molar-refractivity contribution < 1.29 is 21.6 Å². The predicted molar refractivity (Wildman–Crippen MR) is 95.7 cm³/mol. The molecule has 146 valence electrons. The van der Waals surface area contributed by atoms with E-state index in [1.807, 2.05) is 6.07 Å². The summed E-state index contributed by atoms with van der Waals surface area (Å²) in [5, 5.41) is 3.35. The fourth-order valence-corrected chi connectivity index (χ4v) is 3.91. The molecule has 3 rings (SSSR count). The van der Waals surface area contributed by atoms with Gasteiger partial charge in [-0.2, -0.15) is 13.2 Å². The lowest BCUT2D eigenvalue weighted by atomic mass is 10.0. The Hall–Kier alpha value is -1.93. The molecule has 2 aromatic rings. The van der Waals surface area contributed by atoms with Crippen LogP contribution in [0.3, 0.4) is 0 Å². The SMILES string of the molecule is CCS(=O)(=O)c1cccc([C@H](NCc2ccc(C(F)(F)F)nc2)C2CC2)c1. The van der Waals surface area contributed by atoms with Crippen LogP contribution in [0.4, 0.5) is 13.2 Å². The van der Waals surface area contributed by atoms with Crippen molar-refractivity contribution in [1.29, 1.82) is 0 Å². The first-order valence-electron chi connectivity index (χ1n) is 8.79. The molecule has 1 heterocycles. The summed E-state index contributed by atoms with van der Waals surface area (Å²) < 4.78 is 62.1. The van der Waals surface area contributed by atoms with E-state index in [0.29, 0.717) is 22.9 Å². The van der Waals surface area contributed by atoms with E-state index in [4.69, 9.17) is 0 Å². The highest BCUT2D eigenvalue weighted by atomic mass is 32.2. The number of halogens is 3. The summed E-state index contributed by atoms with van der Waals surface area (Å²) in [6.07, 6.45) is -1.16. The molecule has 0 aliphatic heterocycles. The van der Waals surface area contributed by atoms with Gasteiger partial charge in [-0.3, -0.25) is 4.98 Å². The lowest BCUT2D eigenvalue weighted by molar-refractivity contribution is -0.141. The van der Waals surface area contributed by atoms with Gasteiger partial charge < -0.3 is 5.32 Å². The summed E-state index contributed by atoms with van der Waals surface area (Å²) >= 11 is 0. The van der Waals surface area contributed by atoms with Gasteiger partial charge in [-0.15, -0.1) is 0 Å². The lowest BCUT2D eigenvalue weighted by Crippen LogP contribution is -2.23. The Labute approximate surface area is 156 Å². The first-order valence-corrected chi connectivity index (χ1v) is 10.4. The Balaban J connectivity index is 1.75. The summed E-state index contributed by atoms with van der Waals surface area (Å²) in [6.45, 7) is 1.97. The molecule has 1 atom stereocenters. The molecular formula is C19H21F3N2O2S. The molecule has 0 radical (unpaired) electrons. The third-order valence-electron chi connectivity index (χ3n) is 4.69. The maximum absolute atomic E-state index is 12.6. The number of aromatic nitrogens is 1. The van der Waals surface area contributed by atoms with Crippen LogP contribution < -0.4 is 5.32 Å². The van der Waals surface area contributed by atoms with Gasteiger partial charge in [0.2, 0.25) is 0 Å². The van der Waals surface area contributed by atoms with Gasteiger partial charge in [0.25, 0.3) is 0 Å². The number of sulfone groups is 1. The van der Waals surface area contributed by atoms with Gasteiger partial charge in [0.1, 0.15) is 5.69 Å². The molecule has 0 unspecified atom stereocenters. The molecule has 1 fully saturated rings. The standard InChI is InChI=1S/C19H21F3N2O2S/c1-2-27(25,26)16-5-3-4-15(10-16)18(14-7-8-14)24-12-13-6-9-17(23-11-13)19(20,21)22/h3-6,9-11,14,18,24H,2,7-8,12H2,1H3/t18-/m1/s1. The highest BCUT2D eigenvalue weighted by Gasteiger charge is 2.33. The van der Waals surface area contributed by atoms with Gasteiger partial charge in [-0.25, -0.2) is 8.42 Å². The molecular weight excluding hydrogens is 377 g/mol. The van der Waals surface area contributed by atoms with Gasteiger partial charge in [0.05, 0.1) is 10.6 Å². The molecule has 0 bridgehead atoms. The second-order valence-electron chi connectivity index (χ2n) is 6.72. The zero-order chi connectivity index (χ0) is 19.7. The summed E-state index contributed by atoms with van der Waals surface area (Å²) in [5.41, 5.74) is 0.611. The van der Waals surface area contributed by atoms with E-state index in [-0.39, 0.29) is 11.8 Å². The average Bonchev–Trinajstić information content (AvgIpc) is 3.47. The molecule has 1 aliphatic carbocycles. The Morgan fingerprint density at radius 3 is 2.52 bits per heavy atom. The maximum atomic E-state index is 12.6. The molecule has 8 heteroatoms. The molecule has 1 saturated carbocycles. The van der Waals surface area contributed by atoms with Crippen molar-refractivity contribution in [3.05, 3.63) is 59.4 Å². The minimum absolute atomic E-state index is 0.0369. The Kier molecular flexibility index (Phi) is 5.58. The fourth-order valence-electron chi connectivity index (χ4n) is 2.98. The first-order chi connectivity index (χ1) is 12.7. The van der Waals surface area contributed by atoms with Crippen LogP contribution in [0.2, 0.25) is 0 Å². The van der Waals surface area contributed by atoms with Crippen LogP contribution in [0.1, 0.15) is 42.6 Å². The van der Waals surface area contributed by atoms with Crippen molar-refractivity contribution in [3.8, 4) is 0 Å². The first kappa shape index (κ1) is 19.8. The van der Waals surface area contributed by atoms with Crippen LogP contribution in [0.15, 0.2) is 47.5 Å². The zero-order valence-electron chi connectivity index (χ0n) is 14.8. The van der Waals surface area contributed by atoms with Crippen LogP contribution in [-0.4, -0.2) is 19.2 Å². The average molecular weight is 398 g/mol. The van der Waals surface area contributed by atoms with Gasteiger partial charge in [0, 0.05) is 18.8 Å². The molecule has 0 amide bonds. The van der Waals surface area contributed by atoms with Crippen molar-refractivity contribution in [1.82, 2.24) is 10.3 Å². The van der Waals surface area contributed by atoms with Crippen LogP contribution in [0.5, 0.6) is 0 Å². The Morgan fingerprint density at radius 1 is 1.22 bits per heavy atom. The van der Waals surface area contributed by atoms with Crippen LogP contribution in [-0.2, 0) is 22.6 Å². The van der Waals surface area contributed by atoms with E-state index < -0.39 is 21.7 Å². The second-order valence-corrected chi connectivity index (χ2v) is 9.00. The van der Waals surface area contributed by atoms with Crippen molar-refractivity contribution in [2.45, 2.75) is 43.4 Å². The number of hydrogen-bond donors (Lipinski definition) is 1. The van der Waals surface area contributed by atoms with Crippen molar-refractivity contribution in [3.63, 3.8) is 0 Å². The van der Waals surface area contributed by atoms with E-state index in [0.717, 1.165) is 24.5 Å². The van der Waals surface area contributed by atoms with Crippen LogP contribution in [0, 0.1) is 5.92 Å². The number of alkyl halides is 3. The van der Waals surface area contributed by atoms with Crippen molar-refractivity contribution in [2.24, 2.45) is 5.92 Å². The molecule has 4 nitrogen and oxygen atoms in total. The Bertz CT molecular complexity index is 892. The second kappa shape index (κ2) is 7.59. The van der Waals surface area contributed by atoms with Crippen molar-refractivity contribution in [2.75, 3.05) is 5.75 Å². The van der Waals surface area contributed by atoms with Gasteiger partial charge in [-0.05, 0) is 48.1 Å². The topological polar surface area (TPSA) is 59.1 Å². The van der Waals surface area contributed by atoms with Crippen molar-refractivity contribution >= 4 is 9.84 Å². The van der Waals surface area contributed by atoms with E-state index in [1.165, 1.54) is 12.3 Å². The normalized spacial score (nSPS) is 16.3. The van der Waals surface area contributed by atoms with Gasteiger partial charge in [0.15, 0.2) is 9.84 Å². The summed E-state index contributed by atoms with van der Waals surface area (Å²) in [7, 11) is -3.29. The summed E-state index contributed by atoms with van der Waals surface area (Å²) in [5.74, 6) is 0.432. The fraction of sp³-hybridized carbons (Fsp3) is 0.421. The number of rotatable bonds is 7. The molecule has 1 aliphatic rings. The minimum Gasteiger partial charge on any atom is -0.306 e. The number of pyridine rings is 1. The zero-order valence-corrected chi connectivity index (χ0v) is 15.6. The predicted octanol–water partition coefficient (Wildman–Crippen LogP) is 4.13. The van der Waals surface area contributed by atoms with E-state index in [9.17, 15) is 21.6 Å². The van der Waals surface area contributed by atoms with E-state index in [1.54, 1.807) is 25.1 Å². The number of benzene rings is 1. The lowest BCUT2D eigenvalue weighted by Gasteiger charge is -2.20. The quantitative estimate of drug-likeness (QED) is 0.762. The Morgan fingerprint density at radius 2 is 1.96 bits per heavy atom. The maximum Gasteiger partial charge on any atom is 0.433 e. The van der Waals surface area contributed by atoms with Gasteiger partial charge in [-0.1, -0.05) is 25.1 Å². The number of hydrogen-bond acceptors (Lipinski definition) is 4. The monoisotopic (exact) mass is 398 g/mol. The molecule has 27 heavy (non-hydrogen) atoms. The molecule has 1 aromatic carbocycles. The minimum atomic E-state index is -4.45. The molecule has 1 aromatic heterocycles. The highest BCUT2D eigenvalue weighted by molar-refractivity contribution is 7.91. The molecule has 1 N–H and O–H groups in total. The number of nitrogens with one attached hydrogen (secondary N) is 1. The molecule has 0 saturated heterocycles.